The van der Waals surface area contributed by atoms with E-state index >= 15 is 0 Å². The summed E-state index contributed by atoms with van der Waals surface area (Å²) >= 11 is 3.55. The molecule has 0 saturated heterocycles. The Balaban J connectivity index is 2.16. The number of aromatic nitrogens is 2. The topological polar surface area (TPSA) is 27.1 Å². The highest BCUT2D eigenvalue weighted by Gasteiger charge is 2.11. The van der Waals surface area contributed by atoms with Crippen molar-refractivity contribution < 1.29 is 4.74 Å². The fourth-order valence-corrected chi connectivity index (χ4v) is 2.37. The molecule has 0 radical (unpaired) electrons. The average molecular weight is 309 g/mol. The number of hydrogen-bond donors (Lipinski definition) is 0. The van der Waals surface area contributed by atoms with Crippen LogP contribution in [0, 0.1) is 6.92 Å². The molecule has 0 aliphatic carbocycles. The minimum atomic E-state index is 0.523. The van der Waals surface area contributed by atoms with Crippen molar-refractivity contribution in [2.45, 2.75) is 26.9 Å². The summed E-state index contributed by atoms with van der Waals surface area (Å²) in [4.78, 5) is 0. The van der Waals surface area contributed by atoms with Gasteiger partial charge in [0.15, 0.2) is 0 Å². The zero-order valence-electron chi connectivity index (χ0n) is 10.9. The standard InChI is InChI=1S/C14H17BrN2O/c1-4-11-7-5-6-8-13(11)18-9-12-14(15)10(2)16-17(12)3/h5-8H,4,9H2,1-3H3. The number of halogens is 1. The first-order valence-corrected chi connectivity index (χ1v) is 6.81. The quantitative estimate of drug-likeness (QED) is 0.862. The summed E-state index contributed by atoms with van der Waals surface area (Å²) in [6.45, 7) is 4.63. The molecule has 0 saturated carbocycles. The summed E-state index contributed by atoms with van der Waals surface area (Å²) in [5.74, 6) is 0.950. The third-order valence-electron chi connectivity index (χ3n) is 2.98. The van der Waals surface area contributed by atoms with Gasteiger partial charge in [-0.1, -0.05) is 25.1 Å². The third kappa shape index (κ3) is 2.58. The number of ether oxygens (including phenoxy) is 1. The Bertz CT molecular complexity index is 549. The molecule has 2 rings (SSSR count). The predicted octanol–water partition coefficient (Wildman–Crippen LogP) is 3.63. The summed E-state index contributed by atoms with van der Waals surface area (Å²) in [6.07, 6.45) is 0.974. The van der Waals surface area contributed by atoms with Gasteiger partial charge in [-0.3, -0.25) is 4.68 Å². The van der Waals surface area contributed by atoms with Crippen molar-refractivity contribution in [2.75, 3.05) is 0 Å². The number of para-hydroxylation sites is 1. The van der Waals surface area contributed by atoms with E-state index in [1.165, 1.54) is 5.56 Å². The van der Waals surface area contributed by atoms with Crippen molar-refractivity contribution in [1.29, 1.82) is 0 Å². The lowest BCUT2D eigenvalue weighted by atomic mass is 10.1. The van der Waals surface area contributed by atoms with Gasteiger partial charge in [-0.2, -0.15) is 5.10 Å². The summed E-state index contributed by atoms with van der Waals surface area (Å²) in [7, 11) is 1.93. The number of nitrogens with zero attached hydrogens (tertiary/aromatic N) is 2. The molecule has 0 bridgehead atoms. The minimum Gasteiger partial charge on any atom is -0.487 e. The average Bonchev–Trinajstić information content (AvgIpc) is 2.62. The highest BCUT2D eigenvalue weighted by Crippen LogP contribution is 2.24. The van der Waals surface area contributed by atoms with E-state index in [0.717, 1.165) is 28.0 Å². The van der Waals surface area contributed by atoms with Crippen LogP contribution in [0.3, 0.4) is 0 Å². The van der Waals surface area contributed by atoms with Gasteiger partial charge in [0.25, 0.3) is 0 Å². The number of rotatable bonds is 4. The van der Waals surface area contributed by atoms with Gasteiger partial charge in [-0.15, -0.1) is 0 Å². The van der Waals surface area contributed by atoms with E-state index in [0.29, 0.717) is 6.61 Å². The van der Waals surface area contributed by atoms with Gasteiger partial charge in [0.1, 0.15) is 12.4 Å². The lowest BCUT2D eigenvalue weighted by Gasteiger charge is -2.10. The van der Waals surface area contributed by atoms with Crippen LogP contribution in [0.1, 0.15) is 23.9 Å². The van der Waals surface area contributed by atoms with Crippen LogP contribution in [-0.4, -0.2) is 9.78 Å². The van der Waals surface area contributed by atoms with E-state index in [4.69, 9.17) is 4.74 Å². The minimum absolute atomic E-state index is 0.523. The molecule has 96 valence electrons. The second-order valence-corrected chi connectivity index (χ2v) is 5.01. The Hall–Kier alpha value is -1.29. The van der Waals surface area contributed by atoms with Crippen LogP contribution in [0.25, 0.3) is 0 Å². The highest BCUT2D eigenvalue weighted by molar-refractivity contribution is 9.10. The molecule has 0 amide bonds. The molecule has 0 fully saturated rings. The molecule has 0 N–H and O–H groups in total. The van der Waals surface area contributed by atoms with Crippen LogP contribution in [-0.2, 0) is 20.1 Å². The van der Waals surface area contributed by atoms with E-state index in [9.17, 15) is 0 Å². The molecule has 4 heteroatoms. The molecule has 2 aromatic rings. The summed E-state index contributed by atoms with van der Waals surface area (Å²) in [6, 6.07) is 8.14. The van der Waals surface area contributed by atoms with Gasteiger partial charge in [-0.05, 0) is 40.9 Å². The van der Waals surface area contributed by atoms with E-state index in [-0.39, 0.29) is 0 Å². The lowest BCUT2D eigenvalue weighted by Crippen LogP contribution is -2.04. The smallest absolute Gasteiger partial charge is 0.131 e. The molecule has 3 nitrogen and oxygen atoms in total. The monoisotopic (exact) mass is 308 g/mol. The van der Waals surface area contributed by atoms with Crippen molar-refractivity contribution in [2.24, 2.45) is 7.05 Å². The van der Waals surface area contributed by atoms with Gasteiger partial charge in [-0.25, -0.2) is 0 Å². The first-order valence-electron chi connectivity index (χ1n) is 6.02. The highest BCUT2D eigenvalue weighted by atomic mass is 79.9. The van der Waals surface area contributed by atoms with Crippen molar-refractivity contribution >= 4 is 15.9 Å². The SMILES string of the molecule is CCc1ccccc1OCc1c(Br)c(C)nn1C. The van der Waals surface area contributed by atoms with Crippen molar-refractivity contribution in [3.8, 4) is 5.75 Å². The Labute approximate surface area is 116 Å². The molecular weight excluding hydrogens is 292 g/mol. The fraction of sp³-hybridized carbons (Fsp3) is 0.357. The largest absolute Gasteiger partial charge is 0.487 e. The molecule has 1 aromatic carbocycles. The van der Waals surface area contributed by atoms with Gasteiger partial charge in [0, 0.05) is 7.05 Å². The second kappa shape index (κ2) is 5.57. The summed E-state index contributed by atoms with van der Waals surface area (Å²) in [5.41, 5.74) is 3.27. The number of aryl methyl sites for hydroxylation is 3. The molecule has 0 aliphatic rings. The molecule has 0 spiro atoms. The van der Waals surface area contributed by atoms with E-state index < -0.39 is 0 Å². The van der Waals surface area contributed by atoms with Crippen molar-refractivity contribution in [1.82, 2.24) is 9.78 Å². The van der Waals surface area contributed by atoms with E-state index in [1.54, 1.807) is 0 Å². The summed E-state index contributed by atoms with van der Waals surface area (Å²) < 4.78 is 8.78. The first kappa shape index (κ1) is 13.1. The summed E-state index contributed by atoms with van der Waals surface area (Å²) in [5, 5.41) is 4.36. The number of hydrogen-bond acceptors (Lipinski definition) is 2. The first-order chi connectivity index (χ1) is 8.63. The van der Waals surface area contributed by atoms with E-state index in [1.807, 2.05) is 36.9 Å². The Morgan fingerprint density at radius 1 is 1.33 bits per heavy atom. The van der Waals surface area contributed by atoms with Crippen LogP contribution in [0.5, 0.6) is 5.75 Å². The van der Waals surface area contributed by atoms with Crippen molar-refractivity contribution in [3.05, 3.63) is 45.7 Å². The normalized spacial score (nSPS) is 10.7. The fourth-order valence-electron chi connectivity index (χ4n) is 1.92. The lowest BCUT2D eigenvalue weighted by molar-refractivity contribution is 0.291. The molecule has 0 unspecified atom stereocenters. The van der Waals surface area contributed by atoms with Crippen molar-refractivity contribution in [3.63, 3.8) is 0 Å². The van der Waals surface area contributed by atoms with Crippen LogP contribution in [0.15, 0.2) is 28.7 Å². The third-order valence-corrected chi connectivity index (χ3v) is 4.01. The molecule has 18 heavy (non-hydrogen) atoms. The maximum absolute atomic E-state index is 5.90. The second-order valence-electron chi connectivity index (χ2n) is 4.22. The molecule has 1 aromatic heterocycles. The molecular formula is C14H17BrN2O. The number of benzene rings is 1. The Kier molecular flexibility index (Phi) is 4.07. The zero-order valence-corrected chi connectivity index (χ0v) is 12.5. The maximum atomic E-state index is 5.90. The molecule has 0 atom stereocenters. The van der Waals surface area contributed by atoms with Crippen LogP contribution < -0.4 is 4.74 Å². The Morgan fingerprint density at radius 2 is 2.06 bits per heavy atom. The van der Waals surface area contributed by atoms with Crippen LogP contribution in [0.4, 0.5) is 0 Å². The van der Waals surface area contributed by atoms with Gasteiger partial charge >= 0.3 is 0 Å². The maximum Gasteiger partial charge on any atom is 0.131 e. The molecule has 0 aliphatic heterocycles. The zero-order chi connectivity index (χ0) is 13.1. The van der Waals surface area contributed by atoms with Gasteiger partial charge in [0.2, 0.25) is 0 Å². The van der Waals surface area contributed by atoms with Crippen LogP contribution in [0.2, 0.25) is 0 Å². The van der Waals surface area contributed by atoms with E-state index in [2.05, 4.69) is 34.0 Å². The van der Waals surface area contributed by atoms with Gasteiger partial charge < -0.3 is 4.74 Å². The predicted molar refractivity (Wildman–Crippen MR) is 75.8 cm³/mol. The Morgan fingerprint density at radius 3 is 2.67 bits per heavy atom. The van der Waals surface area contributed by atoms with Crippen LogP contribution >= 0.6 is 15.9 Å². The molecule has 1 heterocycles. The van der Waals surface area contributed by atoms with Gasteiger partial charge in [0.05, 0.1) is 15.9 Å².